The van der Waals surface area contributed by atoms with E-state index in [2.05, 4.69) is 15.6 Å². The van der Waals surface area contributed by atoms with E-state index >= 15 is 0 Å². The molecule has 0 saturated carbocycles. The predicted molar refractivity (Wildman–Crippen MR) is 91.2 cm³/mol. The van der Waals surface area contributed by atoms with Crippen LogP contribution in [-0.4, -0.2) is 15.5 Å². The van der Waals surface area contributed by atoms with E-state index in [0.29, 0.717) is 6.42 Å². The molecule has 116 valence electrons. The highest BCUT2D eigenvalue weighted by Gasteiger charge is 2.29. The van der Waals surface area contributed by atoms with Crippen molar-refractivity contribution in [3.05, 3.63) is 60.9 Å². The lowest BCUT2D eigenvalue weighted by atomic mass is 10.2. The standard InChI is InChI=1S/C19H19N3O/c23-19-13-7-6-12-18(22(19)15-8-2-1-3-9-15)21-14-20-16-10-4-5-11-17(16)21/h1-5,8-11,14,18H,6-7,12-13H2. The highest BCUT2D eigenvalue weighted by Crippen LogP contribution is 2.33. The second-order valence-electron chi connectivity index (χ2n) is 5.97. The molecule has 0 bridgehead atoms. The lowest BCUT2D eigenvalue weighted by molar-refractivity contribution is -0.119. The number of aromatic nitrogens is 2. The van der Waals surface area contributed by atoms with Gasteiger partial charge in [-0.2, -0.15) is 0 Å². The van der Waals surface area contributed by atoms with E-state index in [9.17, 15) is 4.79 Å². The molecule has 2 aromatic carbocycles. The predicted octanol–water partition coefficient (Wildman–Crippen LogP) is 4.14. The number of carbonyl (C=O) groups excluding carboxylic acids is 1. The van der Waals surface area contributed by atoms with Gasteiger partial charge in [0.25, 0.3) is 0 Å². The van der Waals surface area contributed by atoms with Crippen LogP contribution in [0.3, 0.4) is 0 Å². The van der Waals surface area contributed by atoms with Gasteiger partial charge in [0.1, 0.15) is 6.17 Å². The third-order valence-corrected chi connectivity index (χ3v) is 4.51. The Morgan fingerprint density at radius 3 is 2.61 bits per heavy atom. The summed E-state index contributed by atoms with van der Waals surface area (Å²) in [6, 6.07) is 18.1. The van der Waals surface area contributed by atoms with Gasteiger partial charge in [0, 0.05) is 12.1 Å². The Morgan fingerprint density at radius 1 is 0.957 bits per heavy atom. The zero-order valence-corrected chi connectivity index (χ0v) is 12.9. The van der Waals surface area contributed by atoms with Gasteiger partial charge in [0.05, 0.1) is 17.4 Å². The molecule has 2 heterocycles. The van der Waals surface area contributed by atoms with Crippen molar-refractivity contribution < 1.29 is 4.79 Å². The molecular formula is C19H19N3O. The molecule has 1 aliphatic rings. The molecule has 4 heteroatoms. The Labute approximate surface area is 135 Å². The third-order valence-electron chi connectivity index (χ3n) is 4.51. The molecule has 0 radical (unpaired) electrons. The molecule has 1 aromatic heterocycles. The first kappa shape index (κ1) is 14.0. The van der Waals surface area contributed by atoms with E-state index in [1.807, 2.05) is 59.8 Å². The molecule has 1 fully saturated rings. The van der Waals surface area contributed by atoms with Crippen LogP contribution in [-0.2, 0) is 4.79 Å². The van der Waals surface area contributed by atoms with Crippen molar-refractivity contribution in [1.29, 1.82) is 0 Å². The lowest BCUT2D eigenvalue weighted by Gasteiger charge is -2.31. The Balaban J connectivity index is 1.84. The monoisotopic (exact) mass is 305 g/mol. The molecular weight excluding hydrogens is 286 g/mol. The molecule has 0 aliphatic carbocycles. The molecule has 4 rings (SSSR count). The molecule has 1 atom stereocenters. The first-order chi connectivity index (χ1) is 11.3. The number of para-hydroxylation sites is 3. The SMILES string of the molecule is O=C1CCCCC(n2cnc3ccccc32)N1c1ccccc1. The molecule has 4 nitrogen and oxygen atoms in total. The van der Waals surface area contributed by atoms with Crippen LogP contribution in [0.1, 0.15) is 31.8 Å². The summed E-state index contributed by atoms with van der Waals surface area (Å²) in [7, 11) is 0. The van der Waals surface area contributed by atoms with Crippen molar-refractivity contribution in [2.75, 3.05) is 4.90 Å². The molecule has 1 aliphatic heterocycles. The molecule has 23 heavy (non-hydrogen) atoms. The van der Waals surface area contributed by atoms with E-state index < -0.39 is 0 Å². The average molecular weight is 305 g/mol. The van der Waals surface area contributed by atoms with Gasteiger partial charge in [-0.25, -0.2) is 4.98 Å². The number of anilines is 1. The zero-order valence-electron chi connectivity index (χ0n) is 12.9. The highest BCUT2D eigenvalue weighted by molar-refractivity contribution is 5.94. The van der Waals surface area contributed by atoms with Crippen LogP contribution in [0, 0.1) is 0 Å². The lowest BCUT2D eigenvalue weighted by Crippen LogP contribution is -2.36. The van der Waals surface area contributed by atoms with Crippen LogP contribution in [0.4, 0.5) is 5.69 Å². The third kappa shape index (κ3) is 2.50. The van der Waals surface area contributed by atoms with Gasteiger partial charge < -0.3 is 4.57 Å². The quantitative estimate of drug-likeness (QED) is 0.713. The smallest absolute Gasteiger partial charge is 0.228 e. The Kier molecular flexibility index (Phi) is 3.58. The normalized spacial score (nSPS) is 19.0. The Bertz CT molecular complexity index is 825. The molecule has 3 aromatic rings. The summed E-state index contributed by atoms with van der Waals surface area (Å²) in [4.78, 5) is 19.2. The van der Waals surface area contributed by atoms with Gasteiger partial charge in [0.15, 0.2) is 0 Å². The van der Waals surface area contributed by atoms with Crippen molar-refractivity contribution >= 4 is 22.6 Å². The van der Waals surface area contributed by atoms with Crippen molar-refractivity contribution in [2.45, 2.75) is 31.8 Å². The largest absolute Gasteiger partial charge is 0.309 e. The van der Waals surface area contributed by atoms with Crippen LogP contribution >= 0.6 is 0 Å². The maximum absolute atomic E-state index is 12.7. The fourth-order valence-electron chi connectivity index (χ4n) is 3.40. The number of carbonyl (C=O) groups is 1. The molecule has 0 N–H and O–H groups in total. The first-order valence-electron chi connectivity index (χ1n) is 8.13. The Morgan fingerprint density at radius 2 is 1.74 bits per heavy atom. The van der Waals surface area contributed by atoms with Crippen LogP contribution in [0.2, 0.25) is 0 Å². The number of hydrogen-bond donors (Lipinski definition) is 0. The van der Waals surface area contributed by atoms with Gasteiger partial charge >= 0.3 is 0 Å². The summed E-state index contributed by atoms with van der Waals surface area (Å²) in [6.45, 7) is 0. The minimum Gasteiger partial charge on any atom is -0.309 e. The summed E-state index contributed by atoms with van der Waals surface area (Å²) in [5, 5.41) is 0. The first-order valence-corrected chi connectivity index (χ1v) is 8.13. The van der Waals surface area contributed by atoms with Crippen LogP contribution in [0.25, 0.3) is 11.0 Å². The maximum atomic E-state index is 12.7. The molecule has 0 spiro atoms. The van der Waals surface area contributed by atoms with E-state index in [-0.39, 0.29) is 12.1 Å². The number of amides is 1. The Hall–Kier alpha value is -2.62. The highest BCUT2D eigenvalue weighted by atomic mass is 16.2. The summed E-state index contributed by atoms with van der Waals surface area (Å²) < 4.78 is 2.14. The number of rotatable bonds is 2. The number of imidazole rings is 1. The van der Waals surface area contributed by atoms with Crippen molar-refractivity contribution in [2.24, 2.45) is 0 Å². The van der Waals surface area contributed by atoms with Crippen molar-refractivity contribution in [3.8, 4) is 0 Å². The minimum atomic E-state index is -0.0141. The average Bonchev–Trinajstić information content (AvgIpc) is 2.93. The fraction of sp³-hybridized carbons (Fsp3) is 0.263. The van der Waals surface area contributed by atoms with Gasteiger partial charge in [-0.05, 0) is 43.5 Å². The topological polar surface area (TPSA) is 38.1 Å². The van der Waals surface area contributed by atoms with Gasteiger partial charge in [-0.15, -0.1) is 0 Å². The van der Waals surface area contributed by atoms with Crippen LogP contribution in [0.5, 0.6) is 0 Å². The summed E-state index contributed by atoms with van der Waals surface area (Å²) in [5.41, 5.74) is 3.01. The van der Waals surface area contributed by atoms with E-state index in [1.54, 1.807) is 0 Å². The molecule has 1 unspecified atom stereocenters. The van der Waals surface area contributed by atoms with E-state index in [0.717, 1.165) is 36.0 Å². The summed E-state index contributed by atoms with van der Waals surface area (Å²) >= 11 is 0. The summed E-state index contributed by atoms with van der Waals surface area (Å²) in [5.74, 6) is 0.191. The number of benzene rings is 2. The maximum Gasteiger partial charge on any atom is 0.228 e. The molecule has 1 amide bonds. The fourth-order valence-corrected chi connectivity index (χ4v) is 3.40. The summed E-state index contributed by atoms with van der Waals surface area (Å²) in [6.07, 6.45) is 5.40. The number of nitrogens with zero attached hydrogens (tertiary/aromatic N) is 3. The van der Waals surface area contributed by atoms with Crippen LogP contribution < -0.4 is 4.90 Å². The van der Waals surface area contributed by atoms with Gasteiger partial charge in [0.2, 0.25) is 5.91 Å². The number of hydrogen-bond acceptors (Lipinski definition) is 2. The van der Waals surface area contributed by atoms with Crippen LogP contribution in [0.15, 0.2) is 60.9 Å². The van der Waals surface area contributed by atoms with E-state index in [1.165, 1.54) is 0 Å². The van der Waals surface area contributed by atoms with Gasteiger partial charge in [-0.1, -0.05) is 30.3 Å². The van der Waals surface area contributed by atoms with Crippen molar-refractivity contribution in [3.63, 3.8) is 0 Å². The van der Waals surface area contributed by atoms with Gasteiger partial charge in [-0.3, -0.25) is 9.69 Å². The number of fused-ring (bicyclic) bond motifs is 1. The zero-order chi connectivity index (χ0) is 15.6. The minimum absolute atomic E-state index is 0.0141. The second-order valence-corrected chi connectivity index (χ2v) is 5.97. The molecule has 1 saturated heterocycles. The second kappa shape index (κ2) is 5.88. The van der Waals surface area contributed by atoms with E-state index in [4.69, 9.17) is 0 Å². The van der Waals surface area contributed by atoms with Crippen molar-refractivity contribution in [1.82, 2.24) is 9.55 Å².